The zero-order valence-corrected chi connectivity index (χ0v) is 14.4. The molecule has 24 heavy (non-hydrogen) atoms. The zero-order chi connectivity index (χ0) is 17.7. The highest BCUT2D eigenvalue weighted by molar-refractivity contribution is 5.95. The van der Waals surface area contributed by atoms with Gasteiger partial charge in [-0.2, -0.15) is 8.78 Å². The lowest BCUT2D eigenvalue weighted by Crippen LogP contribution is -2.45. The molecule has 2 rings (SSSR count). The van der Waals surface area contributed by atoms with Crippen LogP contribution in [0.1, 0.15) is 64.7 Å². The molecule has 0 aromatic rings. The molecule has 0 aromatic carbocycles. The van der Waals surface area contributed by atoms with Gasteiger partial charge in [-0.05, 0) is 37.7 Å². The minimum absolute atomic E-state index is 0.0291. The summed E-state index contributed by atoms with van der Waals surface area (Å²) >= 11 is 0. The maximum Gasteiger partial charge on any atom is 0.328 e. The first-order chi connectivity index (χ1) is 11.3. The van der Waals surface area contributed by atoms with Crippen molar-refractivity contribution in [1.29, 1.82) is 0 Å². The highest BCUT2D eigenvalue weighted by atomic mass is 19.3. The number of hydrogen-bond donors (Lipinski definition) is 1. The maximum atomic E-state index is 14.3. The van der Waals surface area contributed by atoms with Gasteiger partial charge >= 0.3 is 5.92 Å². The van der Waals surface area contributed by atoms with Gasteiger partial charge in [-0.25, -0.2) is 0 Å². The van der Waals surface area contributed by atoms with Gasteiger partial charge in [0, 0.05) is 18.9 Å². The van der Waals surface area contributed by atoms with E-state index in [1.807, 2.05) is 0 Å². The van der Waals surface area contributed by atoms with Crippen molar-refractivity contribution in [2.45, 2.75) is 76.7 Å². The molecular formula is C19H27F2NO2. The van der Waals surface area contributed by atoms with Gasteiger partial charge in [-0.3, -0.25) is 9.59 Å². The first kappa shape index (κ1) is 18.8. The van der Waals surface area contributed by atoms with E-state index in [2.05, 4.69) is 11.9 Å². The molecule has 0 saturated heterocycles. The van der Waals surface area contributed by atoms with Crippen molar-refractivity contribution >= 4 is 11.7 Å². The Morgan fingerprint density at radius 3 is 2.50 bits per heavy atom. The Balaban J connectivity index is 1.90. The van der Waals surface area contributed by atoms with Crippen molar-refractivity contribution in [1.82, 2.24) is 5.32 Å². The third kappa shape index (κ3) is 4.99. The number of Topliss-reactive ketones (excluding diaryl/α,β-unsaturated/α-hetero) is 1. The lowest BCUT2D eigenvalue weighted by molar-refractivity contribution is -0.146. The maximum absolute atomic E-state index is 14.3. The van der Waals surface area contributed by atoms with Crippen LogP contribution in [0.25, 0.3) is 0 Å². The molecule has 1 saturated carbocycles. The smallest absolute Gasteiger partial charge is 0.328 e. The van der Waals surface area contributed by atoms with E-state index in [9.17, 15) is 18.4 Å². The summed E-state index contributed by atoms with van der Waals surface area (Å²) in [7, 11) is 0. The molecule has 1 fully saturated rings. The topological polar surface area (TPSA) is 46.2 Å². The van der Waals surface area contributed by atoms with Gasteiger partial charge in [0.15, 0.2) is 5.78 Å². The van der Waals surface area contributed by atoms with Crippen LogP contribution in [-0.4, -0.2) is 23.7 Å². The van der Waals surface area contributed by atoms with Crippen molar-refractivity contribution < 1.29 is 18.4 Å². The number of ketones is 1. The lowest BCUT2D eigenvalue weighted by Gasteiger charge is -2.26. The van der Waals surface area contributed by atoms with Gasteiger partial charge in [-0.1, -0.05) is 43.9 Å². The number of alkyl halides is 2. The predicted molar refractivity (Wildman–Crippen MR) is 89.8 cm³/mol. The van der Waals surface area contributed by atoms with Gasteiger partial charge in [0.2, 0.25) is 0 Å². The molecule has 0 heterocycles. The number of halogens is 2. The van der Waals surface area contributed by atoms with Gasteiger partial charge in [0.25, 0.3) is 5.91 Å². The third-order valence-electron chi connectivity index (χ3n) is 5.13. The van der Waals surface area contributed by atoms with Crippen LogP contribution in [0, 0.1) is 5.92 Å². The van der Waals surface area contributed by atoms with E-state index in [0.717, 1.165) is 38.5 Å². The predicted octanol–water partition coefficient (Wildman–Crippen LogP) is 4.33. The summed E-state index contributed by atoms with van der Waals surface area (Å²) in [6, 6.07) is -0.152. The largest absolute Gasteiger partial charge is 0.348 e. The summed E-state index contributed by atoms with van der Waals surface area (Å²) in [6.07, 6.45) is 7.51. The molecule has 5 heteroatoms. The molecule has 0 unspecified atom stereocenters. The highest BCUT2D eigenvalue weighted by Crippen LogP contribution is 2.33. The fourth-order valence-corrected chi connectivity index (χ4v) is 3.44. The average molecular weight is 339 g/mol. The number of nitrogens with one attached hydrogen (secondary N) is 1. The first-order valence-corrected chi connectivity index (χ1v) is 8.86. The number of hydrogen-bond acceptors (Lipinski definition) is 2. The lowest BCUT2D eigenvalue weighted by atomic mass is 9.82. The molecule has 1 atom stereocenters. The molecule has 0 aromatic heterocycles. The van der Waals surface area contributed by atoms with Crippen molar-refractivity contribution in [3.63, 3.8) is 0 Å². The summed E-state index contributed by atoms with van der Waals surface area (Å²) in [5, 5.41) is 2.51. The minimum Gasteiger partial charge on any atom is -0.348 e. The summed E-state index contributed by atoms with van der Waals surface area (Å²) in [6.45, 7) is 5.46. The number of rotatable bonds is 5. The SMILES string of the molecule is C=C(CC(F)(F)C(=O)NC1CCCCCC1)[C@H]1CC=C(C)C(=O)C1. The van der Waals surface area contributed by atoms with Gasteiger partial charge in [-0.15, -0.1) is 0 Å². The summed E-state index contributed by atoms with van der Waals surface area (Å²) in [5.41, 5.74) is 0.963. The monoisotopic (exact) mass is 339 g/mol. The van der Waals surface area contributed by atoms with Crippen LogP contribution in [0.3, 0.4) is 0 Å². The molecule has 0 spiro atoms. The van der Waals surface area contributed by atoms with Crippen molar-refractivity contribution in [3.05, 3.63) is 23.8 Å². The van der Waals surface area contributed by atoms with Crippen LogP contribution in [0.15, 0.2) is 23.8 Å². The fraction of sp³-hybridized carbons (Fsp3) is 0.684. The molecule has 2 aliphatic carbocycles. The Morgan fingerprint density at radius 2 is 1.92 bits per heavy atom. The number of allylic oxidation sites excluding steroid dienone is 3. The van der Waals surface area contributed by atoms with E-state index < -0.39 is 18.3 Å². The van der Waals surface area contributed by atoms with Crippen molar-refractivity contribution in [3.8, 4) is 0 Å². The number of carbonyl (C=O) groups excluding carboxylic acids is 2. The van der Waals surface area contributed by atoms with Crippen LogP contribution in [0.4, 0.5) is 8.78 Å². The van der Waals surface area contributed by atoms with E-state index >= 15 is 0 Å². The second kappa shape index (κ2) is 8.04. The normalized spacial score (nSPS) is 23.4. The summed E-state index contributed by atoms with van der Waals surface area (Å²) in [4.78, 5) is 23.7. The molecular weight excluding hydrogens is 312 g/mol. The van der Waals surface area contributed by atoms with Gasteiger partial charge in [0.1, 0.15) is 0 Å². The fourth-order valence-electron chi connectivity index (χ4n) is 3.44. The van der Waals surface area contributed by atoms with Crippen LogP contribution < -0.4 is 5.32 Å². The second-order valence-corrected chi connectivity index (χ2v) is 7.15. The number of carbonyl (C=O) groups is 2. The van der Waals surface area contributed by atoms with Gasteiger partial charge < -0.3 is 5.32 Å². The van der Waals surface area contributed by atoms with Crippen LogP contribution >= 0.6 is 0 Å². The van der Waals surface area contributed by atoms with Crippen LogP contribution in [0.5, 0.6) is 0 Å². The van der Waals surface area contributed by atoms with Crippen molar-refractivity contribution in [2.24, 2.45) is 5.92 Å². The molecule has 0 bridgehead atoms. The quantitative estimate of drug-likeness (QED) is 0.598. The van der Waals surface area contributed by atoms with E-state index in [4.69, 9.17) is 0 Å². The zero-order valence-electron chi connectivity index (χ0n) is 14.4. The van der Waals surface area contributed by atoms with E-state index in [0.29, 0.717) is 12.0 Å². The molecule has 3 nitrogen and oxygen atoms in total. The Labute approximate surface area is 142 Å². The third-order valence-corrected chi connectivity index (χ3v) is 5.13. The Bertz CT molecular complexity index is 531. The summed E-state index contributed by atoms with van der Waals surface area (Å²) < 4.78 is 28.6. The Morgan fingerprint density at radius 1 is 1.29 bits per heavy atom. The highest BCUT2D eigenvalue weighted by Gasteiger charge is 2.41. The molecule has 1 N–H and O–H groups in total. The standard InChI is InChI=1S/C19H27F2NO2/c1-13-9-10-15(11-17(13)23)14(2)12-19(20,21)18(24)22-16-7-5-3-4-6-8-16/h9,15-16H,2-8,10-12H2,1H3,(H,22,24)/t15-/m0/s1. The second-order valence-electron chi connectivity index (χ2n) is 7.15. The molecule has 2 aliphatic rings. The molecule has 0 radical (unpaired) electrons. The summed E-state index contributed by atoms with van der Waals surface area (Å²) in [5.74, 6) is -5.00. The molecule has 0 aliphatic heterocycles. The molecule has 1 amide bonds. The van der Waals surface area contributed by atoms with Crippen molar-refractivity contribution in [2.75, 3.05) is 0 Å². The minimum atomic E-state index is -3.47. The number of amides is 1. The molecule has 134 valence electrons. The van der Waals surface area contributed by atoms with E-state index in [-0.39, 0.29) is 29.7 Å². The first-order valence-electron chi connectivity index (χ1n) is 8.86. The van der Waals surface area contributed by atoms with Crippen LogP contribution in [0.2, 0.25) is 0 Å². The Hall–Kier alpha value is -1.52. The average Bonchev–Trinajstić information content (AvgIpc) is 2.78. The van der Waals surface area contributed by atoms with Gasteiger partial charge in [0.05, 0.1) is 0 Å². The van der Waals surface area contributed by atoms with E-state index in [1.165, 1.54) is 0 Å². The van der Waals surface area contributed by atoms with E-state index in [1.54, 1.807) is 13.0 Å². The Kier molecular flexibility index (Phi) is 6.30. The van der Waals surface area contributed by atoms with Crippen LogP contribution in [-0.2, 0) is 9.59 Å².